The van der Waals surface area contributed by atoms with Crippen molar-refractivity contribution in [1.82, 2.24) is 14.8 Å². The number of carbonyl (C=O) groups is 1. The van der Waals surface area contributed by atoms with Crippen molar-refractivity contribution in [3.63, 3.8) is 0 Å². The van der Waals surface area contributed by atoms with Gasteiger partial charge in [0.15, 0.2) is 0 Å². The van der Waals surface area contributed by atoms with Gasteiger partial charge >= 0.3 is 0 Å². The predicted molar refractivity (Wildman–Crippen MR) is 95.0 cm³/mol. The second-order valence-corrected chi connectivity index (χ2v) is 8.67. The van der Waals surface area contributed by atoms with E-state index in [4.69, 9.17) is 5.73 Å². The van der Waals surface area contributed by atoms with Crippen molar-refractivity contribution in [2.24, 2.45) is 5.73 Å². The Hall–Kier alpha value is -1.74. The molecule has 1 unspecified atom stereocenters. The van der Waals surface area contributed by atoms with E-state index in [9.17, 15) is 9.00 Å². The van der Waals surface area contributed by atoms with Gasteiger partial charge in [0.25, 0.3) is 5.91 Å². The number of hydrogen-bond donors (Lipinski definition) is 1. The number of nitrogens with two attached hydrogens (primary N) is 1. The Morgan fingerprint density at radius 2 is 2.08 bits per heavy atom. The highest BCUT2D eigenvalue weighted by Crippen LogP contribution is 2.31. The Labute approximate surface area is 147 Å². The van der Waals surface area contributed by atoms with E-state index in [0.29, 0.717) is 15.8 Å². The second kappa shape index (κ2) is 7.02. The standard InChI is InChI=1S/C15H21N5O2S2/c1-3-24(22)15-18-17-14(23-15)19-8-6-11(7-9-19)20-10(2)4-5-12(20)13(16)21/h4-5,11H,3,6-9H2,1-2H3,(H2,16,21). The molecule has 0 saturated carbocycles. The molecule has 2 aromatic heterocycles. The number of hydrogen-bond acceptors (Lipinski definition) is 6. The summed E-state index contributed by atoms with van der Waals surface area (Å²) in [5.74, 6) is 0.167. The minimum Gasteiger partial charge on any atom is -0.364 e. The minimum absolute atomic E-state index is 0.260. The first-order valence-corrected chi connectivity index (χ1v) is 10.1. The van der Waals surface area contributed by atoms with Crippen molar-refractivity contribution in [3.8, 4) is 0 Å². The molecule has 1 fully saturated rings. The van der Waals surface area contributed by atoms with Crippen LogP contribution in [0.3, 0.4) is 0 Å². The lowest BCUT2D eigenvalue weighted by Crippen LogP contribution is -2.36. The summed E-state index contributed by atoms with van der Waals surface area (Å²) >= 11 is 1.40. The van der Waals surface area contributed by atoms with Crippen LogP contribution in [0, 0.1) is 6.92 Å². The van der Waals surface area contributed by atoms with Crippen LogP contribution in [0.15, 0.2) is 16.5 Å². The van der Waals surface area contributed by atoms with Crippen LogP contribution in [0.1, 0.15) is 42.0 Å². The molecule has 2 aromatic rings. The van der Waals surface area contributed by atoms with Gasteiger partial charge in [-0.05, 0) is 31.9 Å². The molecule has 3 rings (SSSR count). The summed E-state index contributed by atoms with van der Waals surface area (Å²) in [6, 6.07) is 3.99. The molecule has 1 saturated heterocycles. The van der Waals surface area contributed by atoms with E-state index < -0.39 is 10.8 Å². The molecule has 1 atom stereocenters. The van der Waals surface area contributed by atoms with E-state index in [1.54, 1.807) is 6.07 Å². The van der Waals surface area contributed by atoms with Gasteiger partial charge in [-0.3, -0.25) is 9.00 Å². The van der Waals surface area contributed by atoms with Crippen molar-refractivity contribution >= 4 is 33.2 Å². The van der Waals surface area contributed by atoms with Crippen LogP contribution in [0.25, 0.3) is 0 Å². The number of piperidine rings is 1. The average molecular weight is 368 g/mol. The zero-order chi connectivity index (χ0) is 17.3. The largest absolute Gasteiger partial charge is 0.364 e. The van der Waals surface area contributed by atoms with Gasteiger partial charge in [-0.25, -0.2) is 0 Å². The average Bonchev–Trinajstić information content (AvgIpc) is 3.21. The quantitative estimate of drug-likeness (QED) is 0.868. The molecule has 1 aliphatic heterocycles. The lowest BCUT2D eigenvalue weighted by molar-refractivity contribution is 0.0988. The summed E-state index contributed by atoms with van der Waals surface area (Å²) < 4.78 is 14.5. The maximum absolute atomic E-state index is 11.8. The molecule has 9 heteroatoms. The number of primary amides is 1. The summed E-state index contributed by atoms with van der Waals surface area (Å²) in [7, 11) is -1.05. The van der Waals surface area contributed by atoms with Crippen LogP contribution in [0.5, 0.6) is 0 Å². The highest BCUT2D eigenvalue weighted by atomic mass is 32.2. The molecule has 1 aliphatic rings. The first-order valence-electron chi connectivity index (χ1n) is 7.95. The Morgan fingerprint density at radius 1 is 1.38 bits per heavy atom. The third kappa shape index (κ3) is 3.23. The number of anilines is 1. The van der Waals surface area contributed by atoms with Gasteiger partial charge in [-0.1, -0.05) is 18.3 Å². The van der Waals surface area contributed by atoms with Crippen LogP contribution in [0.2, 0.25) is 0 Å². The van der Waals surface area contributed by atoms with Crippen LogP contribution in [-0.4, -0.2) is 43.7 Å². The molecule has 0 aliphatic carbocycles. The Balaban J connectivity index is 1.70. The first kappa shape index (κ1) is 17.1. The molecule has 3 heterocycles. The van der Waals surface area contributed by atoms with E-state index in [-0.39, 0.29) is 11.9 Å². The molecule has 2 N–H and O–H groups in total. The molecule has 7 nitrogen and oxygen atoms in total. The zero-order valence-electron chi connectivity index (χ0n) is 13.8. The molecule has 24 heavy (non-hydrogen) atoms. The van der Waals surface area contributed by atoms with Crippen molar-refractivity contribution in [2.45, 2.75) is 37.1 Å². The van der Waals surface area contributed by atoms with Crippen LogP contribution in [-0.2, 0) is 10.8 Å². The van der Waals surface area contributed by atoms with E-state index in [2.05, 4.69) is 19.7 Å². The Morgan fingerprint density at radius 3 is 2.71 bits per heavy atom. The topological polar surface area (TPSA) is 94.1 Å². The highest BCUT2D eigenvalue weighted by Gasteiger charge is 2.26. The van der Waals surface area contributed by atoms with Crippen molar-refractivity contribution in [3.05, 3.63) is 23.5 Å². The lowest BCUT2D eigenvalue weighted by Gasteiger charge is -2.33. The molecule has 0 aromatic carbocycles. The summed E-state index contributed by atoms with van der Waals surface area (Å²) in [6.45, 7) is 5.52. The van der Waals surface area contributed by atoms with Crippen LogP contribution < -0.4 is 10.6 Å². The van der Waals surface area contributed by atoms with E-state index in [1.165, 1.54) is 11.3 Å². The monoisotopic (exact) mass is 367 g/mol. The highest BCUT2D eigenvalue weighted by molar-refractivity contribution is 7.87. The van der Waals surface area contributed by atoms with Crippen molar-refractivity contribution in [2.75, 3.05) is 23.7 Å². The maximum Gasteiger partial charge on any atom is 0.265 e. The summed E-state index contributed by atoms with van der Waals surface area (Å²) in [5, 5.41) is 9.05. The summed E-state index contributed by atoms with van der Waals surface area (Å²) in [4.78, 5) is 13.8. The molecule has 130 valence electrons. The van der Waals surface area contributed by atoms with E-state index in [0.717, 1.165) is 36.8 Å². The maximum atomic E-state index is 11.8. The molecule has 0 bridgehead atoms. The normalized spacial score (nSPS) is 17.2. The molecular formula is C15H21N5O2S2. The predicted octanol–water partition coefficient (Wildman–Crippen LogP) is 1.72. The molecule has 0 radical (unpaired) electrons. The van der Waals surface area contributed by atoms with Crippen molar-refractivity contribution < 1.29 is 9.00 Å². The van der Waals surface area contributed by atoms with Gasteiger partial charge in [0, 0.05) is 30.6 Å². The van der Waals surface area contributed by atoms with Crippen LogP contribution >= 0.6 is 11.3 Å². The number of aromatic nitrogens is 3. The SMILES string of the molecule is CCS(=O)c1nnc(N2CCC(n3c(C)ccc3C(N)=O)CC2)s1. The van der Waals surface area contributed by atoms with E-state index in [1.807, 2.05) is 19.9 Å². The number of rotatable bonds is 5. The second-order valence-electron chi connectivity index (χ2n) is 5.80. The number of amides is 1. The summed E-state index contributed by atoms with van der Waals surface area (Å²) in [6.07, 6.45) is 1.81. The van der Waals surface area contributed by atoms with Crippen LogP contribution in [0.4, 0.5) is 5.13 Å². The van der Waals surface area contributed by atoms with Gasteiger partial charge in [0.2, 0.25) is 9.47 Å². The van der Waals surface area contributed by atoms with Gasteiger partial charge in [0.1, 0.15) is 5.69 Å². The van der Waals surface area contributed by atoms with E-state index >= 15 is 0 Å². The minimum atomic E-state index is -1.05. The number of nitrogens with zero attached hydrogens (tertiary/aromatic N) is 4. The fraction of sp³-hybridized carbons (Fsp3) is 0.533. The number of carbonyl (C=O) groups excluding carboxylic acids is 1. The molecule has 0 spiro atoms. The first-order chi connectivity index (χ1) is 11.5. The number of aryl methyl sites for hydroxylation is 1. The zero-order valence-corrected chi connectivity index (χ0v) is 15.4. The fourth-order valence-electron chi connectivity index (χ4n) is 3.10. The third-order valence-corrected chi connectivity index (χ3v) is 6.91. The van der Waals surface area contributed by atoms with Gasteiger partial charge in [0.05, 0.1) is 10.8 Å². The van der Waals surface area contributed by atoms with Gasteiger partial charge < -0.3 is 15.2 Å². The Bertz CT molecular complexity index is 762. The van der Waals surface area contributed by atoms with Gasteiger partial charge in [-0.15, -0.1) is 10.2 Å². The van der Waals surface area contributed by atoms with Crippen molar-refractivity contribution in [1.29, 1.82) is 0 Å². The lowest BCUT2D eigenvalue weighted by atomic mass is 10.0. The summed E-state index contributed by atoms with van der Waals surface area (Å²) in [5.41, 5.74) is 7.11. The molecule has 1 amide bonds. The smallest absolute Gasteiger partial charge is 0.265 e. The third-order valence-electron chi connectivity index (χ3n) is 4.33. The molecular weight excluding hydrogens is 346 g/mol. The van der Waals surface area contributed by atoms with Gasteiger partial charge in [-0.2, -0.15) is 0 Å². The fourth-order valence-corrected chi connectivity index (χ4v) is 5.06. The Kier molecular flexibility index (Phi) is 5.00.